The van der Waals surface area contributed by atoms with Crippen LogP contribution in [0.15, 0.2) is 67.0 Å². The van der Waals surface area contributed by atoms with Gasteiger partial charge in [-0.1, -0.05) is 70.0 Å². The highest BCUT2D eigenvalue weighted by molar-refractivity contribution is 5.94. The van der Waals surface area contributed by atoms with Gasteiger partial charge in [-0.3, -0.25) is 9.78 Å². The Balaban J connectivity index is 1.58. The molecule has 1 aromatic heterocycles. The molecule has 0 radical (unpaired) electrons. The summed E-state index contributed by atoms with van der Waals surface area (Å²) in [4.78, 5) is 22.6. The molecule has 0 unspecified atom stereocenters. The van der Waals surface area contributed by atoms with Gasteiger partial charge < -0.3 is 9.80 Å². The van der Waals surface area contributed by atoms with Crippen molar-refractivity contribution in [3.8, 4) is 11.1 Å². The Hall–Kier alpha value is -2.98. The molecule has 0 fully saturated rings. The number of carbonyl (C=O) groups is 1. The molecule has 0 spiro atoms. The zero-order valence-corrected chi connectivity index (χ0v) is 21.5. The number of aromatic nitrogens is 1. The van der Waals surface area contributed by atoms with Gasteiger partial charge in [0.15, 0.2) is 0 Å². The number of unbranched alkanes of at least 4 members (excludes halogenated alkanes) is 2. The highest BCUT2D eigenvalue weighted by atomic mass is 16.2. The van der Waals surface area contributed by atoms with E-state index in [2.05, 4.69) is 72.0 Å². The number of fused-ring (bicyclic) bond motifs is 1. The predicted molar refractivity (Wildman–Crippen MR) is 144 cm³/mol. The van der Waals surface area contributed by atoms with Crippen molar-refractivity contribution in [2.24, 2.45) is 0 Å². The lowest BCUT2D eigenvalue weighted by atomic mass is 9.90. The van der Waals surface area contributed by atoms with Crippen molar-refractivity contribution in [2.45, 2.75) is 65.5 Å². The second-order valence-corrected chi connectivity index (χ2v) is 9.66. The third-order valence-corrected chi connectivity index (χ3v) is 7.33. The van der Waals surface area contributed by atoms with Gasteiger partial charge in [-0.05, 0) is 78.4 Å². The molecule has 1 atom stereocenters. The van der Waals surface area contributed by atoms with Gasteiger partial charge in [-0.15, -0.1) is 0 Å². The minimum absolute atomic E-state index is 0.143. The molecule has 0 saturated heterocycles. The number of hydrogen-bond acceptors (Lipinski definition) is 3. The molecule has 184 valence electrons. The fourth-order valence-corrected chi connectivity index (χ4v) is 5.10. The molecule has 0 saturated carbocycles. The average molecular weight is 470 g/mol. The Morgan fingerprint density at radius 2 is 1.77 bits per heavy atom. The number of benzene rings is 2. The van der Waals surface area contributed by atoms with Gasteiger partial charge in [0, 0.05) is 37.1 Å². The van der Waals surface area contributed by atoms with Gasteiger partial charge in [0.2, 0.25) is 0 Å². The summed E-state index contributed by atoms with van der Waals surface area (Å²) in [6, 6.07) is 19.2. The average Bonchev–Trinajstić information content (AvgIpc) is 2.91. The summed E-state index contributed by atoms with van der Waals surface area (Å²) < 4.78 is 0. The number of nitrogens with zero attached hydrogens (tertiary/aromatic N) is 3. The van der Waals surface area contributed by atoms with Crippen molar-refractivity contribution < 1.29 is 4.79 Å². The first-order valence-electron chi connectivity index (χ1n) is 13.3. The summed E-state index contributed by atoms with van der Waals surface area (Å²) in [7, 11) is 0. The lowest BCUT2D eigenvalue weighted by Crippen LogP contribution is -2.50. The minimum atomic E-state index is 0.143. The Morgan fingerprint density at radius 1 is 0.971 bits per heavy atom. The summed E-state index contributed by atoms with van der Waals surface area (Å²) in [6.07, 6.45) is 9.38. The van der Waals surface area contributed by atoms with Crippen molar-refractivity contribution in [1.82, 2.24) is 14.8 Å². The molecule has 1 aliphatic heterocycles. The number of rotatable bonds is 10. The number of hydrogen-bond donors (Lipinski definition) is 0. The third kappa shape index (κ3) is 6.18. The Morgan fingerprint density at radius 3 is 2.46 bits per heavy atom. The summed E-state index contributed by atoms with van der Waals surface area (Å²) in [5.74, 6) is 0.143. The molecule has 0 bridgehead atoms. The number of pyridine rings is 1. The lowest BCUT2D eigenvalue weighted by Gasteiger charge is -2.39. The summed E-state index contributed by atoms with van der Waals surface area (Å²) in [5.41, 5.74) is 7.03. The van der Waals surface area contributed by atoms with Crippen LogP contribution in [0.5, 0.6) is 0 Å². The zero-order chi connectivity index (χ0) is 24.6. The summed E-state index contributed by atoms with van der Waals surface area (Å²) >= 11 is 0. The third-order valence-electron chi connectivity index (χ3n) is 7.33. The quantitative estimate of drug-likeness (QED) is 0.323. The van der Waals surface area contributed by atoms with E-state index >= 15 is 0 Å². The van der Waals surface area contributed by atoms with Crippen LogP contribution in [-0.4, -0.2) is 46.4 Å². The maximum Gasteiger partial charge on any atom is 0.254 e. The van der Waals surface area contributed by atoms with Crippen molar-refractivity contribution in [1.29, 1.82) is 0 Å². The molecule has 1 amide bonds. The molecule has 0 aliphatic carbocycles. The van der Waals surface area contributed by atoms with E-state index in [1.54, 1.807) is 0 Å². The predicted octanol–water partition coefficient (Wildman–Crippen LogP) is 6.39. The number of amides is 1. The van der Waals surface area contributed by atoms with Crippen molar-refractivity contribution in [3.63, 3.8) is 0 Å². The Kier molecular flexibility index (Phi) is 8.70. The first kappa shape index (κ1) is 25.1. The highest BCUT2D eigenvalue weighted by Crippen LogP contribution is 2.30. The van der Waals surface area contributed by atoms with Crippen LogP contribution in [0.2, 0.25) is 0 Å². The van der Waals surface area contributed by atoms with E-state index < -0.39 is 0 Å². The van der Waals surface area contributed by atoms with Gasteiger partial charge in [0.25, 0.3) is 5.91 Å². The lowest BCUT2D eigenvalue weighted by molar-refractivity contribution is 0.0586. The Labute approximate surface area is 211 Å². The molecule has 2 aromatic carbocycles. The van der Waals surface area contributed by atoms with Crippen LogP contribution in [0.4, 0.5) is 0 Å². The van der Waals surface area contributed by atoms with Crippen LogP contribution in [0.1, 0.15) is 67.1 Å². The van der Waals surface area contributed by atoms with E-state index in [1.165, 1.54) is 41.5 Å². The van der Waals surface area contributed by atoms with Gasteiger partial charge in [-0.2, -0.15) is 0 Å². The van der Waals surface area contributed by atoms with E-state index in [-0.39, 0.29) is 11.9 Å². The highest BCUT2D eigenvalue weighted by Gasteiger charge is 2.31. The van der Waals surface area contributed by atoms with Crippen LogP contribution >= 0.6 is 0 Å². The first-order valence-corrected chi connectivity index (χ1v) is 13.3. The van der Waals surface area contributed by atoms with Crippen LogP contribution in [0.25, 0.3) is 11.1 Å². The SMILES string of the molecule is CCCCCc1ccc(C(=O)N2Cc3ccc(-c4cccnc4)cc3C[C@@H]2CN(CC)CC)cc1. The molecule has 0 N–H and O–H groups in total. The van der Waals surface area contributed by atoms with E-state index in [0.29, 0.717) is 6.54 Å². The van der Waals surface area contributed by atoms with E-state index in [9.17, 15) is 4.79 Å². The maximum atomic E-state index is 13.7. The summed E-state index contributed by atoms with van der Waals surface area (Å²) in [6.45, 7) is 10.2. The number of carbonyl (C=O) groups excluding carboxylic acids is 1. The molecular formula is C31H39N3O. The van der Waals surface area contributed by atoms with Crippen molar-refractivity contribution in [3.05, 3.63) is 89.2 Å². The molecule has 4 rings (SSSR count). The van der Waals surface area contributed by atoms with E-state index in [4.69, 9.17) is 0 Å². The van der Waals surface area contributed by atoms with Crippen molar-refractivity contribution >= 4 is 5.91 Å². The molecule has 3 aromatic rings. The topological polar surface area (TPSA) is 36.4 Å². The summed E-state index contributed by atoms with van der Waals surface area (Å²) in [5, 5.41) is 0. The fourth-order valence-electron chi connectivity index (χ4n) is 5.10. The van der Waals surface area contributed by atoms with Gasteiger partial charge in [0.05, 0.1) is 0 Å². The molecule has 4 nitrogen and oxygen atoms in total. The molecular weight excluding hydrogens is 430 g/mol. The van der Waals surface area contributed by atoms with Gasteiger partial charge >= 0.3 is 0 Å². The second-order valence-electron chi connectivity index (χ2n) is 9.66. The molecule has 1 aliphatic rings. The second kappa shape index (κ2) is 12.1. The maximum absolute atomic E-state index is 13.7. The van der Waals surface area contributed by atoms with Crippen LogP contribution in [0.3, 0.4) is 0 Å². The Bertz CT molecular complexity index is 1090. The van der Waals surface area contributed by atoms with Gasteiger partial charge in [-0.25, -0.2) is 0 Å². The van der Waals surface area contributed by atoms with Crippen LogP contribution in [0, 0.1) is 0 Å². The molecule has 35 heavy (non-hydrogen) atoms. The van der Waals surface area contributed by atoms with E-state index in [0.717, 1.165) is 43.6 Å². The molecule has 2 heterocycles. The first-order chi connectivity index (χ1) is 17.1. The van der Waals surface area contributed by atoms with Crippen molar-refractivity contribution in [2.75, 3.05) is 19.6 Å². The largest absolute Gasteiger partial charge is 0.330 e. The monoisotopic (exact) mass is 469 g/mol. The molecule has 4 heteroatoms. The number of aryl methyl sites for hydroxylation is 1. The van der Waals surface area contributed by atoms with Crippen LogP contribution < -0.4 is 0 Å². The van der Waals surface area contributed by atoms with E-state index in [1.807, 2.05) is 30.6 Å². The standard InChI is InChI=1S/C31H39N3O/c1-4-7-8-10-24-12-14-25(15-13-24)31(35)34-22-28-17-16-26(27-11-9-18-32-21-27)19-29(28)20-30(34)23-33(5-2)6-3/h9,11-19,21,30H,4-8,10,20,22-23H2,1-3H3/t30-/m1/s1. The zero-order valence-electron chi connectivity index (χ0n) is 21.5. The van der Waals surface area contributed by atoms with Crippen LogP contribution in [-0.2, 0) is 19.4 Å². The smallest absolute Gasteiger partial charge is 0.254 e. The van der Waals surface area contributed by atoms with Gasteiger partial charge in [0.1, 0.15) is 0 Å². The minimum Gasteiger partial charge on any atom is -0.330 e. The normalized spacial score (nSPS) is 15.3. The number of likely N-dealkylation sites (N-methyl/N-ethyl adjacent to an activating group) is 1. The fraction of sp³-hybridized carbons (Fsp3) is 0.419.